The minimum Gasteiger partial charge on any atom is -0.477 e. The zero-order chi connectivity index (χ0) is 16.3. The molecular formula is C15H20BrIN2O3. The molecule has 0 radical (unpaired) electrons. The molecule has 2 rings (SSSR count). The lowest BCUT2D eigenvalue weighted by Crippen LogP contribution is -2.35. The molecule has 0 saturated carbocycles. The van der Waals surface area contributed by atoms with Gasteiger partial charge in [0.25, 0.3) is 0 Å². The largest absolute Gasteiger partial charge is 0.477 e. The standard InChI is InChI=1S/C15H20BrIN2O3/c1-15(2,3)22-14(20)19-5-4-10(8-19)9-21-13-12(17)6-11(16)7-18-13/h6-7,10H,4-5,8-9H2,1-3H3/t10-/m0/s1. The van der Waals surface area contributed by atoms with Crippen molar-refractivity contribution in [1.82, 2.24) is 9.88 Å². The summed E-state index contributed by atoms with van der Waals surface area (Å²) in [6, 6.07) is 1.96. The third-order valence-electron chi connectivity index (χ3n) is 3.17. The van der Waals surface area contributed by atoms with Crippen molar-refractivity contribution in [1.29, 1.82) is 0 Å². The van der Waals surface area contributed by atoms with Crippen LogP contribution in [0.25, 0.3) is 0 Å². The molecule has 2 heterocycles. The highest BCUT2D eigenvalue weighted by atomic mass is 127. The lowest BCUT2D eigenvalue weighted by molar-refractivity contribution is 0.0284. The molecule has 5 nitrogen and oxygen atoms in total. The van der Waals surface area contributed by atoms with E-state index in [1.165, 1.54) is 0 Å². The summed E-state index contributed by atoms with van der Waals surface area (Å²) < 4.78 is 13.1. The molecule has 1 aliphatic heterocycles. The monoisotopic (exact) mass is 482 g/mol. The number of ether oxygens (including phenoxy) is 2. The summed E-state index contributed by atoms with van der Waals surface area (Å²) >= 11 is 5.58. The minimum atomic E-state index is -0.455. The lowest BCUT2D eigenvalue weighted by atomic mass is 10.1. The van der Waals surface area contributed by atoms with Crippen molar-refractivity contribution in [2.75, 3.05) is 19.7 Å². The first-order valence-corrected chi connectivity index (χ1v) is 9.03. The number of aromatic nitrogens is 1. The summed E-state index contributed by atoms with van der Waals surface area (Å²) in [5.41, 5.74) is -0.455. The van der Waals surface area contributed by atoms with Crippen molar-refractivity contribution < 1.29 is 14.3 Å². The fourth-order valence-electron chi connectivity index (χ4n) is 2.17. The number of hydrogen-bond donors (Lipinski definition) is 0. The van der Waals surface area contributed by atoms with Gasteiger partial charge in [-0.1, -0.05) is 0 Å². The number of amides is 1. The van der Waals surface area contributed by atoms with Crippen LogP contribution in [-0.4, -0.2) is 41.3 Å². The van der Waals surface area contributed by atoms with E-state index in [0.717, 1.165) is 14.5 Å². The van der Waals surface area contributed by atoms with Crippen molar-refractivity contribution >= 4 is 44.6 Å². The maximum Gasteiger partial charge on any atom is 0.410 e. The van der Waals surface area contributed by atoms with E-state index < -0.39 is 5.60 Å². The van der Waals surface area contributed by atoms with Gasteiger partial charge in [0.15, 0.2) is 0 Å². The first kappa shape index (κ1) is 17.8. The molecule has 0 aromatic carbocycles. The van der Waals surface area contributed by atoms with Gasteiger partial charge in [-0.25, -0.2) is 9.78 Å². The number of likely N-dealkylation sites (tertiary alicyclic amines) is 1. The van der Waals surface area contributed by atoms with Crippen LogP contribution in [0, 0.1) is 9.49 Å². The summed E-state index contributed by atoms with van der Waals surface area (Å²) in [6.07, 6.45) is 2.40. The number of pyridine rings is 1. The predicted molar refractivity (Wildman–Crippen MR) is 96.1 cm³/mol. The molecule has 122 valence electrons. The smallest absolute Gasteiger partial charge is 0.410 e. The maximum atomic E-state index is 12.0. The Labute approximate surface area is 153 Å². The summed E-state index contributed by atoms with van der Waals surface area (Å²) in [7, 11) is 0. The van der Waals surface area contributed by atoms with Crippen LogP contribution in [0.3, 0.4) is 0 Å². The van der Waals surface area contributed by atoms with Crippen molar-refractivity contribution in [3.8, 4) is 5.88 Å². The normalized spacial score (nSPS) is 18.4. The Kier molecular flexibility index (Phi) is 5.93. The van der Waals surface area contributed by atoms with Gasteiger partial charge in [0, 0.05) is 29.7 Å². The van der Waals surface area contributed by atoms with Crippen LogP contribution in [0.5, 0.6) is 5.88 Å². The average Bonchev–Trinajstić information content (AvgIpc) is 2.84. The molecular weight excluding hydrogens is 463 g/mol. The number of rotatable bonds is 3. The zero-order valence-electron chi connectivity index (χ0n) is 12.9. The molecule has 1 saturated heterocycles. The van der Waals surface area contributed by atoms with Gasteiger partial charge in [-0.3, -0.25) is 0 Å². The van der Waals surface area contributed by atoms with E-state index in [1.807, 2.05) is 26.8 Å². The fraction of sp³-hybridized carbons (Fsp3) is 0.600. The topological polar surface area (TPSA) is 51.7 Å². The number of hydrogen-bond acceptors (Lipinski definition) is 4. The molecule has 0 N–H and O–H groups in total. The molecule has 22 heavy (non-hydrogen) atoms. The van der Waals surface area contributed by atoms with Crippen LogP contribution in [0.15, 0.2) is 16.7 Å². The SMILES string of the molecule is CC(C)(C)OC(=O)N1CC[C@H](COc2ncc(Br)cc2I)C1. The molecule has 1 aliphatic rings. The van der Waals surface area contributed by atoms with E-state index in [2.05, 4.69) is 43.5 Å². The van der Waals surface area contributed by atoms with Crippen LogP contribution in [0.1, 0.15) is 27.2 Å². The molecule has 1 amide bonds. The van der Waals surface area contributed by atoms with Crippen LogP contribution >= 0.6 is 38.5 Å². The summed E-state index contributed by atoms with van der Waals surface area (Å²) in [5.74, 6) is 0.952. The highest BCUT2D eigenvalue weighted by Crippen LogP contribution is 2.24. The van der Waals surface area contributed by atoms with Crippen LogP contribution in [0.2, 0.25) is 0 Å². The minimum absolute atomic E-state index is 0.244. The molecule has 0 bridgehead atoms. The van der Waals surface area contributed by atoms with Crippen molar-refractivity contribution in [3.05, 3.63) is 20.3 Å². The summed E-state index contributed by atoms with van der Waals surface area (Å²) in [6.45, 7) is 7.58. The van der Waals surface area contributed by atoms with Crippen LogP contribution in [-0.2, 0) is 4.74 Å². The molecule has 1 fully saturated rings. The van der Waals surface area contributed by atoms with Gasteiger partial charge >= 0.3 is 6.09 Å². The summed E-state index contributed by atoms with van der Waals surface area (Å²) in [5, 5.41) is 0. The first-order chi connectivity index (χ1) is 10.2. The molecule has 7 heteroatoms. The first-order valence-electron chi connectivity index (χ1n) is 7.16. The highest BCUT2D eigenvalue weighted by molar-refractivity contribution is 14.1. The van der Waals surface area contributed by atoms with E-state index in [0.29, 0.717) is 31.5 Å². The van der Waals surface area contributed by atoms with E-state index in [9.17, 15) is 4.79 Å². The molecule has 1 aromatic rings. The maximum absolute atomic E-state index is 12.0. The Morgan fingerprint density at radius 1 is 1.55 bits per heavy atom. The van der Waals surface area contributed by atoms with E-state index in [1.54, 1.807) is 11.1 Å². The van der Waals surface area contributed by atoms with Crippen LogP contribution < -0.4 is 4.74 Å². The molecule has 1 atom stereocenters. The lowest BCUT2D eigenvalue weighted by Gasteiger charge is -2.24. The van der Waals surface area contributed by atoms with Gasteiger partial charge in [0.05, 0.1) is 10.2 Å². The Morgan fingerprint density at radius 3 is 2.91 bits per heavy atom. The number of carbonyl (C=O) groups excluding carboxylic acids is 1. The van der Waals surface area contributed by atoms with E-state index >= 15 is 0 Å². The van der Waals surface area contributed by atoms with Gasteiger partial charge in [0.2, 0.25) is 5.88 Å². The van der Waals surface area contributed by atoms with Gasteiger partial charge in [-0.2, -0.15) is 0 Å². The Balaban J connectivity index is 1.82. The number of nitrogens with zero attached hydrogens (tertiary/aromatic N) is 2. The molecule has 1 aromatic heterocycles. The third kappa shape index (κ3) is 5.26. The van der Waals surface area contributed by atoms with Crippen molar-refractivity contribution in [2.24, 2.45) is 5.92 Å². The number of carbonyl (C=O) groups is 1. The zero-order valence-corrected chi connectivity index (χ0v) is 16.7. The third-order valence-corrected chi connectivity index (χ3v) is 4.37. The van der Waals surface area contributed by atoms with Crippen LogP contribution in [0.4, 0.5) is 4.79 Å². The fourth-order valence-corrected chi connectivity index (χ4v) is 3.56. The Hall–Kier alpha value is -0.570. The van der Waals surface area contributed by atoms with Crippen molar-refractivity contribution in [3.63, 3.8) is 0 Å². The highest BCUT2D eigenvalue weighted by Gasteiger charge is 2.30. The average molecular weight is 483 g/mol. The predicted octanol–water partition coefficient (Wildman–Crippen LogP) is 4.08. The van der Waals surface area contributed by atoms with Gasteiger partial charge in [-0.15, -0.1) is 0 Å². The van der Waals surface area contributed by atoms with Gasteiger partial charge in [0.1, 0.15) is 5.60 Å². The Bertz CT molecular complexity index is 548. The van der Waals surface area contributed by atoms with Gasteiger partial charge in [-0.05, 0) is 71.8 Å². The number of halogens is 2. The second-order valence-corrected chi connectivity index (χ2v) is 8.41. The molecule has 0 aliphatic carbocycles. The second-order valence-electron chi connectivity index (χ2n) is 6.33. The second kappa shape index (κ2) is 7.33. The molecule has 0 unspecified atom stereocenters. The Morgan fingerprint density at radius 2 is 2.27 bits per heavy atom. The summed E-state index contributed by atoms with van der Waals surface area (Å²) in [4.78, 5) is 18.0. The molecule has 0 spiro atoms. The quantitative estimate of drug-likeness (QED) is 0.609. The van der Waals surface area contributed by atoms with Gasteiger partial charge < -0.3 is 14.4 Å². The van der Waals surface area contributed by atoms with E-state index in [-0.39, 0.29) is 6.09 Å². The van der Waals surface area contributed by atoms with E-state index in [4.69, 9.17) is 9.47 Å². The van der Waals surface area contributed by atoms with Crippen molar-refractivity contribution in [2.45, 2.75) is 32.8 Å².